The lowest BCUT2D eigenvalue weighted by molar-refractivity contribution is -0.384. The van der Waals surface area contributed by atoms with Crippen molar-refractivity contribution in [3.8, 4) is 0 Å². The minimum atomic E-state index is -5.38. The van der Waals surface area contributed by atoms with Crippen LogP contribution in [0.3, 0.4) is 0 Å². The van der Waals surface area contributed by atoms with Crippen molar-refractivity contribution in [3.05, 3.63) is 75.8 Å². The summed E-state index contributed by atoms with van der Waals surface area (Å²) in [5, 5.41) is 24.9. The lowest BCUT2D eigenvalue weighted by Crippen LogP contribution is -2.72. The van der Waals surface area contributed by atoms with Crippen molar-refractivity contribution in [3.63, 3.8) is 0 Å². The maximum Gasteiger partial charge on any atom is 0.437 e. The zero-order valence-corrected chi connectivity index (χ0v) is 14.5. The molecule has 152 valence electrons. The first-order valence-electron chi connectivity index (χ1n) is 8.26. The lowest BCUT2D eigenvalue weighted by Gasteiger charge is -2.45. The Morgan fingerprint density at radius 2 is 1.69 bits per heavy atom. The zero-order chi connectivity index (χ0) is 21.4. The summed E-state index contributed by atoms with van der Waals surface area (Å²) in [4.78, 5) is 35.0. The number of rotatable bonds is 4. The van der Waals surface area contributed by atoms with Gasteiger partial charge in [-0.25, -0.2) is 4.79 Å². The largest absolute Gasteiger partial charge is 0.437 e. The van der Waals surface area contributed by atoms with Gasteiger partial charge in [0.2, 0.25) is 5.72 Å². The Morgan fingerprint density at radius 1 is 1.10 bits per heavy atom. The van der Waals surface area contributed by atoms with Crippen LogP contribution in [0.2, 0.25) is 0 Å². The molecule has 3 atom stereocenters. The van der Waals surface area contributed by atoms with E-state index in [1.54, 1.807) is 6.07 Å². The van der Waals surface area contributed by atoms with Crippen LogP contribution >= 0.6 is 0 Å². The lowest BCUT2D eigenvalue weighted by atomic mass is 9.77. The van der Waals surface area contributed by atoms with Crippen molar-refractivity contribution in [2.24, 2.45) is 5.92 Å². The standard InChI is InChI=1S/C18H14F3N3O5/c19-18(20,21)17(27)13(15(25)11-4-2-1-3-5-11)14(22-16(26)23-17)10-6-8-12(9-7-10)24(28)29/h1-9,13-14,27H,(H2,22,23,26)/t13-,14+,17+/m1/s1. The Bertz CT molecular complexity index is 949. The summed E-state index contributed by atoms with van der Waals surface area (Å²) in [5.41, 5.74) is -4.30. The summed E-state index contributed by atoms with van der Waals surface area (Å²) < 4.78 is 41.3. The third-order valence-corrected chi connectivity index (χ3v) is 4.61. The van der Waals surface area contributed by atoms with E-state index in [1.807, 2.05) is 0 Å². The Kier molecular flexibility index (Phi) is 5.01. The van der Waals surface area contributed by atoms with E-state index in [-0.39, 0.29) is 16.8 Å². The molecule has 2 aromatic carbocycles. The molecule has 8 nitrogen and oxygen atoms in total. The van der Waals surface area contributed by atoms with Crippen molar-refractivity contribution in [2.45, 2.75) is 17.9 Å². The van der Waals surface area contributed by atoms with Gasteiger partial charge in [0, 0.05) is 17.7 Å². The third kappa shape index (κ3) is 3.63. The molecule has 1 aliphatic heterocycles. The van der Waals surface area contributed by atoms with E-state index in [2.05, 4.69) is 5.32 Å². The number of amides is 2. The quantitative estimate of drug-likeness (QED) is 0.407. The molecule has 3 rings (SSSR count). The summed E-state index contributed by atoms with van der Waals surface area (Å²) in [5.74, 6) is -3.26. The molecule has 2 amide bonds. The Balaban J connectivity index is 2.14. The van der Waals surface area contributed by atoms with Crippen LogP contribution in [-0.4, -0.2) is 33.7 Å². The molecule has 0 aromatic heterocycles. The number of non-ortho nitro benzene ring substituents is 1. The number of nitrogens with one attached hydrogen (secondary N) is 2. The Labute approximate surface area is 161 Å². The molecule has 0 spiro atoms. The molecular weight excluding hydrogens is 395 g/mol. The average molecular weight is 409 g/mol. The second kappa shape index (κ2) is 7.17. The van der Waals surface area contributed by atoms with Crippen LogP contribution in [0.4, 0.5) is 23.7 Å². The molecule has 1 saturated heterocycles. The monoisotopic (exact) mass is 409 g/mol. The number of benzene rings is 2. The average Bonchev–Trinajstić information content (AvgIpc) is 2.67. The maximum atomic E-state index is 13.8. The molecule has 2 aromatic rings. The van der Waals surface area contributed by atoms with Crippen molar-refractivity contribution < 1.29 is 32.8 Å². The van der Waals surface area contributed by atoms with Crippen LogP contribution < -0.4 is 10.6 Å². The molecule has 0 saturated carbocycles. The molecule has 0 unspecified atom stereocenters. The predicted molar refractivity (Wildman–Crippen MR) is 92.8 cm³/mol. The van der Waals surface area contributed by atoms with Gasteiger partial charge in [0.25, 0.3) is 5.69 Å². The van der Waals surface area contributed by atoms with Crippen LogP contribution in [0.25, 0.3) is 0 Å². The van der Waals surface area contributed by atoms with E-state index in [1.165, 1.54) is 29.6 Å². The number of nitrogens with zero attached hydrogens (tertiary/aromatic N) is 1. The molecule has 29 heavy (non-hydrogen) atoms. The Morgan fingerprint density at radius 3 is 2.21 bits per heavy atom. The number of aliphatic hydroxyl groups is 1. The van der Waals surface area contributed by atoms with Gasteiger partial charge in [0.1, 0.15) is 5.92 Å². The van der Waals surface area contributed by atoms with Crippen molar-refractivity contribution in [1.82, 2.24) is 10.6 Å². The Hall–Kier alpha value is -3.47. The van der Waals surface area contributed by atoms with E-state index in [0.29, 0.717) is 0 Å². The van der Waals surface area contributed by atoms with Crippen molar-refractivity contribution in [2.75, 3.05) is 0 Å². The highest BCUT2D eigenvalue weighted by Gasteiger charge is 2.66. The summed E-state index contributed by atoms with van der Waals surface area (Å²) in [6.45, 7) is 0. The van der Waals surface area contributed by atoms with Gasteiger partial charge in [0.15, 0.2) is 5.78 Å². The molecule has 0 radical (unpaired) electrons. The minimum absolute atomic E-state index is 0.0117. The van der Waals surface area contributed by atoms with E-state index in [9.17, 15) is 38.0 Å². The normalized spacial score (nSPS) is 24.3. The van der Waals surface area contributed by atoms with Crippen LogP contribution in [0, 0.1) is 16.0 Å². The fourth-order valence-electron chi connectivity index (χ4n) is 3.20. The molecule has 3 N–H and O–H groups in total. The number of nitro groups is 1. The number of carbonyl (C=O) groups excluding carboxylic acids is 2. The summed E-state index contributed by atoms with van der Waals surface area (Å²) in [6.07, 6.45) is -5.38. The SMILES string of the molecule is O=C1N[C@@H](c2ccc([N+](=O)[O-])cc2)[C@H](C(=O)c2ccccc2)[C@](O)(C(F)(F)F)N1. The van der Waals surface area contributed by atoms with E-state index in [4.69, 9.17) is 0 Å². The number of carbonyl (C=O) groups is 2. The molecule has 0 aliphatic carbocycles. The van der Waals surface area contributed by atoms with E-state index in [0.717, 1.165) is 24.3 Å². The fraction of sp³-hybridized carbons (Fsp3) is 0.222. The van der Waals surface area contributed by atoms with E-state index < -0.39 is 40.6 Å². The first-order chi connectivity index (χ1) is 13.5. The molecule has 11 heteroatoms. The van der Waals surface area contributed by atoms with Gasteiger partial charge >= 0.3 is 12.2 Å². The zero-order valence-electron chi connectivity index (χ0n) is 14.5. The van der Waals surface area contributed by atoms with Gasteiger partial charge in [-0.1, -0.05) is 42.5 Å². The van der Waals surface area contributed by atoms with Crippen molar-refractivity contribution >= 4 is 17.5 Å². The van der Waals surface area contributed by atoms with E-state index >= 15 is 0 Å². The number of nitro benzene ring substituents is 1. The number of Topliss-reactive ketones (excluding diaryl/α,β-unsaturated/α-hetero) is 1. The van der Waals surface area contributed by atoms with Crippen molar-refractivity contribution in [1.29, 1.82) is 0 Å². The van der Waals surface area contributed by atoms with Gasteiger partial charge in [-0.05, 0) is 5.56 Å². The van der Waals surface area contributed by atoms with Gasteiger partial charge < -0.3 is 15.7 Å². The molecule has 0 bridgehead atoms. The van der Waals surface area contributed by atoms with Crippen LogP contribution in [0.1, 0.15) is 22.0 Å². The maximum absolute atomic E-state index is 13.8. The number of urea groups is 1. The number of alkyl halides is 3. The van der Waals surface area contributed by atoms with Gasteiger partial charge in [-0.2, -0.15) is 13.2 Å². The van der Waals surface area contributed by atoms with Gasteiger partial charge in [-0.15, -0.1) is 0 Å². The molecule has 1 fully saturated rings. The minimum Gasteiger partial charge on any atom is -0.363 e. The van der Waals surface area contributed by atoms with Gasteiger partial charge in [0.05, 0.1) is 11.0 Å². The smallest absolute Gasteiger partial charge is 0.363 e. The van der Waals surface area contributed by atoms with Crippen LogP contribution in [0.5, 0.6) is 0 Å². The highest BCUT2D eigenvalue weighted by atomic mass is 19.4. The summed E-state index contributed by atoms with van der Waals surface area (Å²) >= 11 is 0. The fourth-order valence-corrected chi connectivity index (χ4v) is 3.20. The van der Waals surface area contributed by atoms with Gasteiger partial charge in [-0.3, -0.25) is 14.9 Å². The highest BCUT2D eigenvalue weighted by molar-refractivity contribution is 6.00. The summed E-state index contributed by atoms with van der Waals surface area (Å²) in [7, 11) is 0. The second-order valence-corrected chi connectivity index (χ2v) is 6.40. The highest BCUT2D eigenvalue weighted by Crippen LogP contribution is 2.44. The number of hydrogen-bond acceptors (Lipinski definition) is 5. The molecular formula is C18H14F3N3O5. The first-order valence-corrected chi connectivity index (χ1v) is 8.26. The number of hydrogen-bond donors (Lipinski definition) is 3. The van der Waals surface area contributed by atoms with Crippen LogP contribution in [0.15, 0.2) is 54.6 Å². The number of ketones is 1. The predicted octanol–water partition coefficient (Wildman–Crippen LogP) is 2.70. The van der Waals surface area contributed by atoms with Crippen LogP contribution in [-0.2, 0) is 0 Å². The second-order valence-electron chi connectivity index (χ2n) is 6.40. The number of halogens is 3. The molecule has 1 heterocycles. The molecule has 1 aliphatic rings. The summed E-state index contributed by atoms with van der Waals surface area (Å²) in [6, 6.07) is 8.36. The topological polar surface area (TPSA) is 122 Å². The third-order valence-electron chi connectivity index (χ3n) is 4.61. The first kappa shape index (κ1) is 20.3.